The van der Waals surface area contributed by atoms with Crippen LogP contribution in [0.1, 0.15) is 6.42 Å². The van der Waals surface area contributed by atoms with Gasteiger partial charge in [-0.1, -0.05) is 22.0 Å². The molecule has 18 heavy (non-hydrogen) atoms. The van der Waals surface area contributed by atoms with Gasteiger partial charge < -0.3 is 9.84 Å². The largest absolute Gasteiger partial charge is 0.481 e. The number of aromatic nitrogens is 2. The van der Waals surface area contributed by atoms with Crippen LogP contribution in [-0.2, 0) is 11.3 Å². The van der Waals surface area contributed by atoms with Crippen molar-refractivity contribution in [2.24, 2.45) is 0 Å². The van der Waals surface area contributed by atoms with E-state index in [1.54, 1.807) is 17.1 Å². The Balaban J connectivity index is 2.00. The summed E-state index contributed by atoms with van der Waals surface area (Å²) in [5, 5.41) is 12.6. The molecule has 5 nitrogen and oxygen atoms in total. The lowest BCUT2D eigenvalue weighted by molar-refractivity contribution is -0.137. The van der Waals surface area contributed by atoms with Crippen LogP contribution in [0.4, 0.5) is 0 Å². The van der Waals surface area contributed by atoms with Crippen molar-refractivity contribution < 1.29 is 14.6 Å². The summed E-state index contributed by atoms with van der Waals surface area (Å²) in [5.74, 6) is 0.431. The first kappa shape index (κ1) is 12.6. The van der Waals surface area contributed by atoms with E-state index in [9.17, 15) is 4.79 Å². The predicted molar refractivity (Wildman–Crippen MR) is 68.7 cm³/mol. The highest BCUT2D eigenvalue weighted by Gasteiger charge is 2.03. The van der Waals surface area contributed by atoms with Crippen molar-refractivity contribution in [1.29, 1.82) is 0 Å². The van der Waals surface area contributed by atoms with Gasteiger partial charge in [0, 0.05) is 4.47 Å². The summed E-state index contributed by atoms with van der Waals surface area (Å²) in [6.45, 7) is 0.331. The molecule has 1 heterocycles. The van der Waals surface area contributed by atoms with E-state index in [0.29, 0.717) is 18.0 Å². The molecule has 0 aliphatic carbocycles. The van der Waals surface area contributed by atoms with Gasteiger partial charge in [-0.3, -0.25) is 9.48 Å². The number of halogens is 1. The van der Waals surface area contributed by atoms with Crippen molar-refractivity contribution in [3.8, 4) is 11.5 Å². The number of hydrogen-bond donors (Lipinski definition) is 1. The van der Waals surface area contributed by atoms with Gasteiger partial charge in [0.05, 0.1) is 25.4 Å². The number of ether oxygens (including phenoxy) is 1. The van der Waals surface area contributed by atoms with Crippen molar-refractivity contribution in [2.75, 3.05) is 0 Å². The Morgan fingerprint density at radius 1 is 1.44 bits per heavy atom. The number of aryl methyl sites for hydroxylation is 1. The third-order valence-electron chi connectivity index (χ3n) is 2.20. The lowest BCUT2D eigenvalue weighted by atomic mass is 10.3. The molecule has 6 heteroatoms. The van der Waals surface area contributed by atoms with Crippen molar-refractivity contribution in [1.82, 2.24) is 9.78 Å². The normalized spacial score (nSPS) is 10.3. The molecule has 1 N–H and O–H groups in total. The van der Waals surface area contributed by atoms with E-state index in [1.165, 1.54) is 0 Å². The number of hydrogen-bond acceptors (Lipinski definition) is 3. The minimum atomic E-state index is -0.847. The zero-order chi connectivity index (χ0) is 13.0. The van der Waals surface area contributed by atoms with Crippen LogP contribution in [0, 0.1) is 0 Å². The molecule has 0 aliphatic heterocycles. The lowest BCUT2D eigenvalue weighted by Crippen LogP contribution is -2.04. The van der Waals surface area contributed by atoms with Crippen molar-refractivity contribution >= 4 is 21.9 Å². The molecule has 0 saturated heterocycles. The summed E-state index contributed by atoms with van der Waals surface area (Å²) in [4.78, 5) is 10.4. The second-order valence-electron chi connectivity index (χ2n) is 3.64. The Morgan fingerprint density at radius 3 is 3.00 bits per heavy atom. The number of carbonyl (C=O) groups is 1. The van der Waals surface area contributed by atoms with Crippen molar-refractivity contribution in [2.45, 2.75) is 13.0 Å². The van der Waals surface area contributed by atoms with Gasteiger partial charge in [-0.25, -0.2) is 0 Å². The maximum atomic E-state index is 10.4. The summed E-state index contributed by atoms with van der Waals surface area (Å²) >= 11 is 3.36. The minimum Gasteiger partial charge on any atom is -0.481 e. The van der Waals surface area contributed by atoms with E-state index < -0.39 is 5.97 Å². The molecule has 2 aromatic rings. The molecular weight excluding hydrogens is 300 g/mol. The monoisotopic (exact) mass is 310 g/mol. The number of nitrogens with zero attached hydrogens (tertiary/aromatic N) is 2. The maximum absolute atomic E-state index is 10.4. The summed E-state index contributed by atoms with van der Waals surface area (Å²) < 4.78 is 8.06. The van der Waals surface area contributed by atoms with Gasteiger partial charge in [0.1, 0.15) is 5.75 Å². The molecule has 0 atom stereocenters. The Kier molecular flexibility index (Phi) is 3.99. The van der Waals surface area contributed by atoms with Gasteiger partial charge in [0.15, 0.2) is 5.75 Å². The standard InChI is InChI=1S/C12H11BrN2O3/c13-9-2-1-3-10(6-9)18-11-7-14-15(8-11)5-4-12(16)17/h1-3,6-8H,4-5H2,(H,16,17). The molecule has 0 saturated carbocycles. The number of aliphatic carboxylic acids is 1. The van der Waals surface area contributed by atoms with Crippen LogP contribution in [0.5, 0.6) is 11.5 Å². The second-order valence-corrected chi connectivity index (χ2v) is 4.56. The molecule has 0 aliphatic rings. The van der Waals surface area contributed by atoms with Gasteiger partial charge in [0.25, 0.3) is 0 Å². The first-order valence-electron chi connectivity index (χ1n) is 5.31. The molecule has 0 spiro atoms. The van der Waals surface area contributed by atoms with E-state index >= 15 is 0 Å². The molecule has 0 unspecified atom stereocenters. The summed E-state index contributed by atoms with van der Waals surface area (Å²) in [7, 11) is 0. The maximum Gasteiger partial charge on any atom is 0.305 e. The summed E-state index contributed by atoms with van der Waals surface area (Å²) in [6.07, 6.45) is 3.27. The Morgan fingerprint density at radius 2 is 2.28 bits per heavy atom. The average Bonchev–Trinajstić information content (AvgIpc) is 2.74. The van der Waals surface area contributed by atoms with Crippen LogP contribution in [-0.4, -0.2) is 20.9 Å². The zero-order valence-electron chi connectivity index (χ0n) is 9.41. The van der Waals surface area contributed by atoms with Gasteiger partial charge in [-0.15, -0.1) is 0 Å². The summed E-state index contributed by atoms with van der Waals surface area (Å²) in [5.41, 5.74) is 0. The van der Waals surface area contributed by atoms with Gasteiger partial charge in [0.2, 0.25) is 0 Å². The fourth-order valence-electron chi connectivity index (χ4n) is 1.40. The number of rotatable bonds is 5. The topological polar surface area (TPSA) is 64.3 Å². The van der Waals surface area contributed by atoms with E-state index in [4.69, 9.17) is 9.84 Å². The van der Waals surface area contributed by atoms with Gasteiger partial charge in [-0.05, 0) is 18.2 Å². The Labute approximate surface area is 112 Å². The number of benzene rings is 1. The van der Waals surface area contributed by atoms with E-state index in [0.717, 1.165) is 4.47 Å². The molecule has 0 bridgehead atoms. The Bertz CT molecular complexity index is 554. The average molecular weight is 311 g/mol. The number of carboxylic acid groups (broad SMARTS) is 1. The van der Waals surface area contributed by atoms with Crippen LogP contribution < -0.4 is 4.74 Å². The number of carboxylic acids is 1. The highest BCUT2D eigenvalue weighted by atomic mass is 79.9. The molecule has 1 aromatic carbocycles. The van der Waals surface area contributed by atoms with Gasteiger partial charge in [-0.2, -0.15) is 5.10 Å². The molecule has 0 fully saturated rings. The first-order chi connectivity index (χ1) is 8.63. The highest BCUT2D eigenvalue weighted by Crippen LogP contribution is 2.23. The molecule has 0 amide bonds. The predicted octanol–water partition coefficient (Wildman–Crippen LogP) is 2.91. The van der Waals surface area contributed by atoms with E-state index in [2.05, 4.69) is 21.0 Å². The fraction of sp³-hybridized carbons (Fsp3) is 0.167. The van der Waals surface area contributed by atoms with Crippen LogP contribution in [0.3, 0.4) is 0 Å². The zero-order valence-corrected chi connectivity index (χ0v) is 11.0. The third-order valence-corrected chi connectivity index (χ3v) is 2.69. The fourth-order valence-corrected chi connectivity index (χ4v) is 1.77. The third kappa shape index (κ3) is 3.59. The highest BCUT2D eigenvalue weighted by molar-refractivity contribution is 9.10. The molecular formula is C12H11BrN2O3. The Hall–Kier alpha value is -1.82. The van der Waals surface area contributed by atoms with Crippen LogP contribution in [0.2, 0.25) is 0 Å². The summed E-state index contributed by atoms with van der Waals surface area (Å²) in [6, 6.07) is 7.45. The first-order valence-corrected chi connectivity index (χ1v) is 6.10. The molecule has 2 rings (SSSR count). The van der Waals surface area contributed by atoms with Crippen LogP contribution >= 0.6 is 15.9 Å². The second kappa shape index (κ2) is 5.68. The smallest absolute Gasteiger partial charge is 0.305 e. The lowest BCUT2D eigenvalue weighted by Gasteiger charge is -2.02. The van der Waals surface area contributed by atoms with E-state index in [-0.39, 0.29) is 6.42 Å². The van der Waals surface area contributed by atoms with Gasteiger partial charge >= 0.3 is 5.97 Å². The molecule has 0 radical (unpaired) electrons. The quantitative estimate of drug-likeness (QED) is 0.922. The van der Waals surface area contributed by atoms with Crippen molar-refractivity contribution in [3.63, 3.8) is 0 Å². The van der Waals surface area contributed by atoms with Crippen LogP contribution in [0.15, 0.2) is 41.1 Å². The SMILES string of the molecule is O=C(O)CCn1cc(Oc2cccc(Br)c2)cn1. The molecule has 1 aromatic heterocycles. The minimum absolute atomic E-state index is 0.0397. The van der Waals surface area contributed by atoms with E-state index in [1.807, 2.05) is 24.3 Å². The molecule has 94 valence electrons. The van der Waals surface area contributed by atoms with Crippen molar-refractivity contribution in [3.05, 3.63) is 41.1 Å². The van der Waals surface area contributed by atoms with Crippen LogP contribution in [0.25, 0.3) is 0 Å².